The van der Waals surface area contributed by atoms with Crippen molar-refractivity contribution in [1.29, 1.82) is 0 Å². The molecular weight excluding hydrogens is 387 g/mol. The van der Waals surface area contributed by atoms with Gasteiger partial charge in [-0.1, -0.05) is 30.3 Å². The zero-order valence-electron chi connectivity index (χ0n) is 16.6. The summed E-state index contributed by atoms with van der Waals surface area (Å²) < 4.78 is 13.1. The maximum Gasteiger partial charge on any atom is 0.242 e. The lowest BCUT2D eigenvalue weighted by Crippen LogP contribution is -2.51. The largest absolute Gasteiger partial charge is 0.368 e. The third-order valence-corrected chi connectivity index (χ3v) is 4.89. The van der Waals surface area contributed by atoms with Crippen LogP contribution in [-0.2, 0) is 20.8 Å². The molecule has 0 radical (unpaired) electrons. The highest BCUT2D eigenvalue weighted by molar-refractivity contribution is 5.88. The van der Waals surface area contributed by atoms with Crippen LogP contribution in [0, 0.1) is 5.82 Å². The summed E-state index contributed by atoms with van der Waals surface area (Å²) in [5, 5.41) is 5.01. The summed E-state index contributed by atoms with van der Waals surface area (Å²) in [4.78, 5) is 40.1. The lowest BCUT2D eigenvalue weighted by molar-refractivity contribution is -0.133. The quantitative estimate of drug-likeness (QED) is 0.710. The first-order valence-electron chi connectivity index (χ1n) is 9.87. The average Bonchev–Trinajstić information content (AvgIpc) is 2.77. The molecule has 3 amide bonds. The smallest absolute Gasteiger partial charge is 0.242 e. The van der Waals surface area contributed by atoms with Crippen LogP contribution < -0.4 is 15.5 Å². The van der Waals surface area contributed by atoms with Crippen LogP contribution in [0.3, 0.4) is 0 Å². The van der Waals surface area contributed by atoms with Crippen molar-refractivity contribution in [1.82, 2.24) is 15.5 Å². The van der Waals surface area contributed by atoms with Crippen LogP contribution >= 0.6 is 0 Å². The van der Waals surface area contributed by atoms with E-state index in [1.54, 1.807) is 11.0 Å². The summed E-state index contributed by atoms with van der Waals surface area (Å²) in [6, 6.07) is 15.8. The molecule has 0 saturated carbocycles. The molecule has 0 bridgehead atoms. The van der Waals surface area contributed by atoms with Crippen molar-refractivity contribution in [3.05, 3.63) is 66.0 Å². The minimum Gasteiger partial charge on any atom is -0.368 e. The number of rotatable bonds is 7. The van der Waals surface area contributed by atoms with Crippen molar-refractivity contribution < 1.29 is 18.8 Å². The highest BCUT2D eigenvalue weighted by Gasteiger charge is 2.21. The van der Waals surface area contributed by atoms with Crippen molar-refractivity contribution in [3.63, 3.8) is 0 Å². The van der Waals surface area contributed by atoms with Crippen LogP contribution in [0.25, 0.3) is 0 Å². The highest BCUT2D eigenvalue weighted by atomic mass is 19.1. The molecule has 8 heteroatoms. The first-order valence-corrected chi connectivity index (χ1v) is 9.87. The van der Waals surface area contributed by atoms with Crippen LogP contribution in [0.2, 0.25) is 0 Å². The summed E-state index contributed by atoms with van der Waals surface area (Å²) in [6.07, 6.45) is -0.0182. The summed E-state index contributed by atoms with van der Waals surface area (Å²) in [6.45, 7) is 2.31. The molecule has 0 aliphatic carbocycles. The van der Waals surface area contributed by atoms with E-state index in [2.05, 4.69) is 15.5 Å². The average molecular weight is 412 g/mol. The van der Waals surface area contributed by atoms with Crippen molar-refractivity contribution >= 4 is 23.4 Å². The van der Waals surface area contributed by atoms with Gasteiger partial charge in [-0.3, -0.25) is 14.4 Å². The molecule has 1 aliphatic rings. The molecular formula is C22H25FN4O3. The monoisotopic (exact) mass is 412 g/mol. The van der Waals surface area contributed by atoms with Crippen molar-refractivity contribution in [2.75, 3.05) is 44.2 Å². The minimum absolute atomic E-state index is 0.0182. The standard InChI is InChI=1S/C22H25FN4O3/c23-18-6-4-5-17(13-18)14-20(28)24-15-21(29)25-16-22(30)27-11-9-26(10-12-27)19-7-2-1-3-8-19/h1-8,13H,9-12,14-16H2,(H,24,28)(H,25,29). The Labute approximate surface area is 174 Å². The van der Waals surface area contributed by atoms with E-state index in [0.717, 1.165) is 18.8 Å². The van der Waals surface area contributed by atoms with Crippen molar-refractivity contribution in [2.24, 2.45) is 0 Å². The lowest BCUT2D eigenvalue weighted by Gasteiger charge is -2.36. The number of nitrogens with zero attached hydrogens (tertiary/aromatic N) is 2. The summed E-state index contributed by atoms with van der Waals surface area (Å²) in [7, 11) is 0. The highest BCUT2D eigenvalue weighted by Crippen LogP contribution is 2.15. The number of para-hydroxylation sites is 1. The van der Waals surface area contributed by atoms with Crippen molar-refractivity contribution in [2.45, 2.75) is 6.42 Å². The Morgan fingerprint density at radius 3 is 2.23 bits per heavy atom. The fourth-order valence-corrected chi connectivity index (χ4v) is 3.28. The summed E-state index contributed by atoms with van der Waals surface area (Å²) in [5.74, 6) is -1.40. The van der Waals surface area contributed by atoms with Gasteiger partial charge in [0.25, 0.3) is 0 Å². The van der Waals surface area contributed by atoms with E-state index in [1.807, 2.05) is 30.3 Å². The lowest BCUT2D eigenvalue weighted by atomic mass is 10.1. The summed E-state index contributed by atoms with van der Waals surface area (Å²) >= 11 is 0. The Balaban J connectivity index is 1.33. The molecule has 7 nitrogen and oxygen atoms in total. The SMILES string of the molecule is O=C(CNC(=O)Cc1cccc(F)c1)NCC(=O)N1CCN(c2ccccc2)CC1. The molecule has 2 N–H and O–H groups in total. The van der Waals surface area contributed by atoms with E-state index in [-0.39, 0.29) is 31.3 Å². The summed E-state index contributed by atoms with van der Waals surface area (Å²) in [5.41, 5.74) is 1.66. The van der Waals surface area contributed by atoms with E-state index < -0.39 is 11.7 Å². The molecule has 0 spiro atoms. The van der Waals surface area contributed by atoms with Gasteiger partial charge in [-0.05, 0) is 29.8 Å². The zero-order valence-corrected chi connectivity index (χ0v) is 16.6. The zero-order chi connectivity index (χ0) is 21.3. The van der Waals surface area contributed by atoms with Crippen LogP contribution in [0.15, 0.2) is 54.6 Å². The fourth-order valence-electron chi connectivity index (χ4n) is 3.28. The molecule has 1 aliphatic heterocycles. The second-order valence-corrected chi connectivity index (χ2v) is 7.06. The number of piperazine rings is 1. The van der Waals surface area contributed by atoms with Gasteiger partial charge in [-0.2, -0.15) is 0 Å². The minimum atomic E-state index is -0.445. The Morgan fingerprint density at radius 1 is 0.833 bits per heavy atom. The van der Waals surface area contributed by atoms with Crippen LogP contribution in [-0.4, -0.2) is 61.9 Å². The van der Waals surface area contributed by atoms with Gasteiger partial charge in [0.15, 0.2) is 0 Å². The van der Waals surface area contributed by atoms with Gasteiger partial charge in [0, 0.05) is 31.9 Å². The number of halogens is 1. The fraction of sp³-hybridized carbons (Fsp3) is 0.318. The predicted octanol–water partition coefficient (Wildman–Crippen LogP) is 0.949. The predicted molar refractivity (Wildman–Crippen MR) is 111 cm³/mol. The molecule has 158 valence electrons. The van der Waals surface area contributed by atoms with Gasteiger partial charge in [-0.15, -0.1) is 0 Å². The normalized spacial score (nSPS) is 13.6. The van der Waals surface area contributed by atoms with Crippen LogP contribution in [0.5, 0.6) is 0 Å². The second-order valence-electron chi connectivity index (χ2n) is 7.06. The maximum atomic E-state index is 13.1. The third kappa shape index (κ3) is 6.30. The third-order valence-electron chi connectivity index (χ3n) is 4.89. The number of nitrogens with one attached hydrogen (secondary N) is 2. The van der Waals surface area contributed by atoms with E-state index in [1.165, 1.54) is 18.2 Å². The van der Waals surface area contributed by atoms with Gasteiger partial charge in [0.2, 0.25) is 17.7 Å². The van der Waals surface area contributed by atoms with Gasteiger partial charge in [-0.25, -0.2) is 4.39 Å². The first-order chi connectivity index (χ1) is 14.5. The molecule has 1 fully saturated rings. The number of amides is 3. The molecule has 1 saturated heterocycles. The number of carbonyl (C=O) groups is 3. The van der Waals surface area contributed by atoms with E-state index >= 15 is 0 Å². The number of hydrogen-bond acceptors (Lipinski definition) is 4. The number of anilines is 1. The van der Waals surface area contributed by atoms with E-state index in [4.69, 9.17) is 0 Å². The van der Waals surface area contributed by atoms with Gasteiger partial charge in [0.1, 0.15) is 5.82 Å². The second kappa shape index (κ2) is 10.4. The molecule has 2 aromatic carbocycles. The number of carbonyl (C=O) groups excluding carboxylic acids is 3. The Morgan fingerprint density at radius 2 is 1.53 bits per heavy atom. The van der Waals surface area contributed by atoms with Gasteiger partial charge < -0.3 is 20.4 Å². The molecule has 3 rings (SSSR count). The van der Waals surface area contributed by atoms with Crippen LogP contribution in [0.1, 0.15) is 5.56 Å². The Kier molecular flexibility index (Phi) is 7.37. The number of hydrogen-bond donors (Lipinski definition) is 2. The molecule has 0 atom stereocenters. The molecule has 0 unspecified atom stereocenters. The number of benzene rings is 2. The Hall–Kier alpha value is -3.42. The van der Waals surface area contributed by atoms with Gasteiger partial charge in [0.05, 0.1) is 19.5 Å². The van der Waals surface area contributed by atoms with E-state index in [0.29, 0.717) is 18.7 Å². The Bertz CT molecular complexity index is 883. The van der Waals surface area contributed by atoms with Gasteiger partial charge >= 0.3 is 0 Å². The molecule has 1 heterocycles. The van der Waals surface area contributed by atoms with Crippen LogP contribution in [0.4, 0.5) is 10.1 Å². The maximum absolute atomic E-state index is 13.1. The first kappa shape index (κ1) is 21.3. The molecule has 30 heavy (non-hydrogen) atoms. The van der Waals surface area contributed by atoms with Crippen molar-refractivity contribution in [3.8, 4) is 0 Å². The molecule has 0 aromatic heterocycles. The topological polar surface area (TPSA) is 81.8 Å². The molecule has 2 aromatic rings. The van der Waals surface area contributed by atoms with E-state index in [9.17, 15) is 18.8 Å².